The van der Waals surface area contributed by atoms with Crippen molar-refractivity contribution in [3.8, 4) is 11.4 Å². The van der Waals surface area contributed by atoms with Crippen molar-refractivity contribution < 1.29 is 4.79 Å². The third kappa shape index (κ3) is 1.87. The Morgan fingerprint density at radius 1 is 1.47 bits per heavy atom. The Bertz CT molecular complexity index is 509. The molecule has 0 atom stereocenters. The fourth-order valence-corrected chi connectivity index (χ4v) is 1.33. The molecular weight excluding hydrogens is 216 g/mol. The lowest BCUT2D eigenvalue weighted by Crippen LogP contribution is -1.92. The molecule has 1 heterocycles. The maximum absolute atomic E-state index is 10.7. The summed E-state index contributed by atoms with van der Waals surface area (Å²) in [6, 6.07) is 5.01. The lowest BCUT2D eigenvalue weighted by Gasteiger charge is -1.98. The second-order valence-electron chi connectivity index (χ2n) is 2.96. The molecule has 5 nitrogen and oxygen atoms in total. The first kappa shape index (κ1) is 9.79. The number of halogens is 1. The first-order valence-corrected chi connectivity index (χ1v) is 4.57. The van der Waals surface area contributed by atoms with Gasteiger partial charge in [0.2, 0.25) is 5.82 Å². The van der Waals surface area contributed by atoms with Gasteiger partial charge in [0.15, 0.2) is 6.29 Å². The molecule has 15 heavy (non-hydrogen) atoms. The largest absolute Gasteiger partial charge is 0.298 e. The van der Waals surface area contributed by atoms with Crippen molar-refractivity contribution in [2.24, 2.45) is 7.05 Å². The van der Waals surface area contributed by atoms with Crippen molar-refractivity contribution in [2.75, 3.05) is 0 Å². The Balaban J connectivity index is 2.50. The van der Waals surface area contributed by atoms with Crippen LogP contribution in [0.15, 0.2) is 18.2 Å². The predicted molar refractivity (Wildman–Crippen MR) is 54.6 cm³/mol. The standard InChI is InChI=1S/C9H7ClN4O/c1-14-12-9(11-13-14)6-2-3-8(10)7(4-6)5-15/h2-5H,1H3. The molecule has 0 fully saturated rings. The van der Waals surface area contributed by atoms with E-state index in [9.17, 15) is 4.79 Å². The molecule has 0 amide bonds. The second kappa shape index (κ2) is 3.78. The number of aromatic nitrogens is 4. The maximum atomic E-state index is 10.7. The van der Waals surface area contributed by atoms with Crippen LogP contribution in [0.5, 0.6) is 0 Å². The summed E-state index contributed by atoms with van der Waals surface area (Å²) >= 11 is 5.80. The predicted octanol–water partition coefficient (Wildman–Crippen LogP) is 1.34. The molecule has 0 aliphatic heterocycles. The zero-order chi connectivity index (χ0) is 10.8. The number of hydrogen-bond acceptors (Lipinski definition) is 4. The van der Waals surface area contributed by atoms with E-state index in [2.05, 4.69) is 15.4 Å². The third-order valence-electron chi connectivity index (χ3n) is 1.89. The summed E-state index contributed by atoms with van der Waals surface area (Å²) in [7, 11) is 1.67. The molecule has 1 aromatic heterocycles. The van der Waals surface area contributed by atoms with Gasteiger partial charge in [-0.05, 0) is 23.4 Å². The van der Waals surface area contributed by atoms with Gasteiger partial charge in [0.1, 0.15) is 0 Å². The summed E-state index contributed by atoms with van der Waals surface area (Å²) in [6.07, 6.45) is 0.697. The maximum Gasteiger partial charge on any atom is 0.204 e. The van der Waals surface area contributed by atoms with Gasteiger partial charge < -0.3 is 0 Å². The summed E-state index contributed by atoms with van der Waals surface area (Å²) in [5, 5.41) is 12.0. The van der Waals surface area contributed by atoms with Crippen LogP contribution in [-0.4, -0.2) is 26.5 Å². The highest BCUT2D eigenvalue weighted by Gasteiger charge is 2.07. The van der Waals surface area contributed by atoms with Gasteiger partial charge in [-0.15, -0.1) is 10.2 Å². The Kier molecular flexibility index (Phi) is 2.47. The molecule has 0 bridgehead atoms. The lowest BCUT2D eigenvalue weighted by atomic mass is 10.1. The van der Waals surface area contributed by atoms with Crippen LogP contribution in [0.1, 0.15) is 10.4 Å². The second-order valence-corrected chi connectivity index (χ2v) is 3.36. The monoisotopic (exact) mass is 222 g/mol. The molecule has 0 spiro atoms. The van der Waals surface area contributed by atoms with E-state index in [1.54, 1.807) is 25.2 Å². The topological polar surface area (TPSA) is 60.7 Å². The van der Waals surface area contributed by atoms with E-state index in [0.717, 1.165) is 5.56 Å². The molecule has 76 valence electrons. The number of carbonyl (C=O) groups excluding carboxylic acids is 1. The van der Waals surface area contributed by atoms with Crippen molar-refractivity contribution in [2.45, 2.75) is 0 Å². The van der Waals surface area contributed by atoms with Gasteiger partial charge in [-0.2, -0.15) is 4.80 Å². The Hall–Kier alpha value is -1.75. The Morgan fingerprint density at radius 2 is 2.27 bits per heavy atom. The van der Waals surface area contributed by atoms with E-state index in [4.69, 9.17) is 11.6 Å². The number of benzene rings is 1. The number of hydrogen-bond donors (Lipinski definition) is 0. The van der Waals surface area contributed by atoms with E-state index >= 15 is 0 Å². The number of rotatable bonds is 2. The van der Waals surface area contributed by atoms with E-state index in [1.807, 2.05) is 0 Å². The average Bonchev–Trinajstić information content (AvgIpc) is 2.66. The fourth-order valence-electron chi connectivity index (χ4n) is 1.17. The van der Waals surface area contributed by atoms with Crippen LogP contribution in [0.25, 0.3) is 11.4 Å². The lowest BCUT2D eigenvalue weighted by molar-refractivity contribution is 0.112. The van der Waals surface area contributed by atoms with Crippen LogP contribution >= 0.6 is 11.6 Å². The highest BCUT2D eigenvalue weighted by molar-refractivity contribution is 6.33. The summed E-state index contributed by atoms with van der Waals surface area (Å²) in [5.74, 6) is 0.470. The summed E-state index contributed by atoms with van der Waals surface area (Å²) < 4.78 is 0. The van der Waals surface area contributed by atoms with Gasteiger partial charge in [-0.25, -0.2) is 0 Å². The van der Waals surface area contributed by atoms with Gasteiger partial charge in [0.25, 0.3) is 0 Å². The Morgan fingerprint density at radius 3 is 2.87 bits per heavy atom. The normalized spacial score (nSPS) is 10.3. The molecule has 6 heteroatoms. The molecule has 0 N–H and O–H groups in total. The van der Waals surface area contributed by atoms with E-state index in [1.165, 1.54) is 4.80 Å². The number of nitrogens with zero attached hydrogens (tertiary/aromatic N) is 4. The summed E-state index contributed by atoms with van der Waals surface area (Å²) in [6.45, 7) is 0. The third-order valence-corrected chi connectivity index (χ3v) is 2.23. The zero-order valence-corrected chi connectivity index (χ0v) is 8.64. The molecular formula is C9H7ClN4O. The van der Waals surface area contributed by atoms with E-state index in [-0.39, 0.29) is 0 Å². The van der Waals surface area contributed by atoms with Crippen LogP contribution in [0.2, 0.25) is 5.02 Å². The van der Waals surface area contributed by atoms with Crippen LogP contribution in [0.4, 0.5) is 0 Å². The number of tetrazole rings is 1. The minimum Gasteiger partial charge on any atom is -0.298 e. The summed E-state index contributed by atoms with van der Waals surface area (Å²) in [5.41, 5.74) is 1.14. The first-order valence-electron chi connectivity index (χ1n) is 4.20. The number of carbonyl (C=O) groups is 1. The molecule has 0 aliphatic carbocycles. The van der Waals surface area contributed by atoms with Gasteiger partial charge in [-0.3, -0.25) is 4.79 Å². The first-order chi connectivity index (χ1) is 7.20. The van der Waals surface area contributed by atoms with Crippen LogP contribution in [0, 0.1) is 0 Å². The molecule has 2 aromatic rings. The van der Waals surface area contributed by atoms with Gasteiger partial charge in [0, 0.05) is 11.1 Å². The fraction of sp³-hybridized carbons (Fsp3) is 0.111. The van der Waals surface area contributed by atoms with Crippen molar-refractivity contribution in [3.05, 3.63) is 28.8 Å². The molecule has 0 aliphatic rings. The summed E-state index contributed by atoms with van der Waals surface area (Å²) in [4.78, 5) is 12.0. The van der Waals surface area contributed by atoms with E-state index < -0.39 is 0 Å². The highest BCUT2D eigenvalue weighted by atomic mass is 35.5. The molecule has 0 radical (unpaired) electrons. The van der Waals surface area contributed by atoms with Gasteiger partial charge in [0.05, 0.1) is 12.1 Å². The van der Waals surface area contributed by atoms with Crippen LogP contribution < -0.4 is 0 Å². The number of aldehydes is 1. The molecule has 0 saturated heterocycles. The Labute approximate surface area is 90.7 Å². The average molecular weight is 223 g/mol. The molecule has 1 aromatic carbocycles. The minimum absolute atomic E-state index is 0.414. The zero-order valence-electron chi connectivity index (χ0n) is 7.88. The van der Waals surface area contributed by atoms with Crippen molar-refractivity contribution in [1.29, 1.82) is 0 Å². The smallest absolute Gasteiger partial charge is 0.204 e. The van der Waals surface area contributed by atoms with E-state index in [0.29, 0.717) is 22.7 Å². The highest BCUT2D eigenvalue weighted by Crippen LogP contribution is 2.21. The van der Waals surface area contributed by atoms with Crippen molar-refractivity contribution in [1.82, 2.24) is 20.2 Å². The molecule has 0 saturated carbocycles. The SMILES string of the molecule is Cn1nnc(-c2ccc(Cl)c(C=O)c2)n1. The van der Waals surface area contributed by atoms with Crippen LogP contribution in [-0.2, 0) is 7.05 Å². The minimum atomic E-state index is 0.414. The van der Waals surface area contributed by atoms with Crippen molar-refractivity contribution in [3.63, 3.8) is 0 Å². The van der Waals surface area contributed by atoms with Crippen molar-refractivity contribution >= 4 is 17.9 Å². The van der Waals surface area contributed by atoms with Gasteiger partial charge >= 0.3 is 0 Å². The van der Waals surface area contributed by atoms with Gasteiger partial charge in [-0.1, -0.05) is 11.6 Å². The van der Waals surface area contributed by atoms with Crippen LogP contribution in [0.3, 0.4) is 0 Å². The molecule has 0 unspecified atom stereocenters. The molecule has 2 rings (SSSR count). The number of aryl methyl sites for hydroxylation is 1. The quantitative estimate of drug-likeness (QED) is 0.720.